The molecule has 0 atom stereocenters. The standard InChI is InChI=1S/C44H70N2.Ni/c1-3-5-7-9-11-12-13-14-15-16-17-18-19-20-21-22-23-24-26-34-40-44(46-42-37-31-28-32-38-42)43(39-33-25-10-8-6-4-2)45-41-35-29-27-30-36-41;/h27-32,34-38,40H,3-26,33,39H2,1-2H3;/b40-34+,45-43?,46-44?;. The molecule has 2 rings (SSSR count). The van der Waals surface area contributed by atoms with Crippen LogP contribution < -0.4 is 0 Å². The van der Waals surface area contributed by atoms with E-state index >= 15 is 0 Å². The SMILES string of the molecule is CCCCCCCCCCCCCCCCCCCC/C=C/C(=Nc1ccccc1)C(CCCCCCCC)=Nc1ccccc1.[Ni]. The van der Waals surface area contributed by atoms with Gasteiger partial charge in [0.25, 0.3) is 0 Å². The van der Waals surface area contributed by atoms with Crippen molar-refractivity contribution in [1.29, 1.82) is 0 Å². The summed E-state index contributed by atoms with van der Waals surface area (Å²) in [5.41, 5.74) is 4.14. The van der Waals surface area contributed by atoms with Crippen LogP contribution in [0.25, 0.3) is 0 Å². The second kappa shape index (κ2) is 32.6. The molecular formula is C44H70N2Ni. The second-order valence-corrected chi connectivity index (χ2v) is 13.4. The van der Waals surface area contributed by atoms with Crippen LogP contribution in [0.15, 0.2) is 82.8 Å². The average Bonchev–Trinajstić information content (AvgIpc) is 3.08. The van der Waals surface area contributed by atoms with E-state index in [2.05, 4.69) is 86.7 Å². The van der Waals surface area contributed by atoms with Crippen LogP contribution >= 0.6 is 0 Å². The third-order valence-electron chi connectivity index (χ3n) is 9.09. The maximum Gasteiger partial charge on any atom is 0.0848 e. The van der Waals surface area contributed by atoms with Crippen LogP contribution in [0.2, 0.25) is 0 Å². The van der Waals surface area contributed by atoms with Crippen LogP contribution in [-0.2, 0) is 16.5 Å². The summed E-state index contributed by atoms with van der Waals surface area (Å²) in [6.07, 6.45) is 39.9. The summed E-state index contributed by atoms with van der Waals surface area (Å²) in [5, 5.41) is 0. The fourth-order valence-electron chi connectivity index (χ4n) is 6.17. The molecule has 3 heteroatoms. The van der Waals surface area contributed by atoms with Crippen molar-refractivity contribution in [3.8, 4) is 0 Å². The van der Waals surface area contributed by atoms with Crippen molar-refractivity contribution in [2.75, 3.05) is 0 Å². The van der Waals surface area contributed by atoms with Crippen molar-refractivity contribution in [3.63, 3.8) is 0 Å². The molecule has 0 saturated carbocycles. The van der Waals surface area contributed by atoms with Crippen molar-refractivity contribution in [2.24, 2.45) is 9.98 Å². The monoisotopic (exact) mass is 684 g/mol. The van der Waals surface area contributed by atoms with Gasteiger partial charge in [0, 0.05) is 16.5 Å². The van der Waals surface area contributed by atoms with Gasteiger partial charge in [-0.1, -0.05) is 198 Å². The topological polar surface area (TPSA) is 24.7 Å². The van der Waals surface area contributed by atoms with Crippen molar-refractivity contribution in [3.05, 3.63) is 72.8 Å². The Kier molecular flexibility index (Phi) is 29.8. The molecule has 2 aromatic carbocycles. The predicted octanol–water partition coefficient (Wildman–Crippen LogP) is 15.3. The molecule has 0 bridgehead atoms. The summed E-state index contributed by atoms with van der Waals surface area (Å²) in [6.45, 7) is 4.58. The molecule has 0 N–H and O–H groups in total. The van der Waals surface area contributed by atoms with E-state index in [0.29, 0.717) is 0 Å². The van der Waals surface area contributed by atoms with Crippen LogP contribution in [0, 0.1) is 0 Å². The summed E-state index contributed by atoms with van der Waals surface area (Å²) in [5.74, 6) is 0. The maximum absolute atomic E-state index is 5.13. The van der Waals surface area contributed by atoms with Crippen LogP contribution in [0.1, 0.15) is 181 Å². The maximum atomic E-state index is 5.13. The zero-order valence-electron chi connectivity index (χ0n) is 30.5. The molecule has 0 amide bonds. The number of rotatable bonds is 30. The Balaban J connectivity index is 0.0000110. The Morgan fingerprint density at radius 3 is 1.23 bits per heavy atom. The quantitative estimate of drug-likeness (QED) is 0.0444. The van der Waals surface area contributed by atoms with Crippen molar-refractivity contribution < 1.29 is 16.5 Å². The number of unbranched alkanes of at least 4 members (excludes halogenated alkanes) is 23. The Labute approximate surface area is 301 Å². The number of aliphatic imine (C=N–C) groups is 2. The van der Waals surface area contributed by atoms with Gasteiger partial charge in [-0.2, -0.15) is 0 Å². The van der Waals surface area contributed by atoms with Gasteiger partial charge in [0.15, 0.2) is 0 Å². The molecule has 0 aliphatic heterocycles. The van der Waals surface area contributed by atoms with Gasteiger partial charge in [-0.25, -0.2) is 4.99 Å². The van der Waals surface area contributed by atoms with E-state index in [1.54, 1.807) is 0 Å². The van der Waals surface area contributed by atoms with Crippen molar-refractivity contribution >= 4 is 22.8 Å². The zero-order chi connectivity index (χ0) is 32.6. The summed E-state index contributed by atoms with van der Waals surface area (Å²) in [7, 11) is 0. The second-order valence-electron chi connectivity index (χ2n) is 13.4. The van der Waals surface area contributed by atoms with Gasteiger partial charge in [-0.05, 0) is 56.0 Å². The molecule has 2 aromatic rings. The average molecular weight is 686 g/mol. The number of benzene rings is 2. The minimum absolute atomic E-state index is 0. The first-order valence-corrected chi connectivity index (χ1v) is 19.8. The largest absolute Gasteiger partial charge is 0.251 e. The summed E-state index contributed by atoms with van der Waals surface area (Å²) < 4.78 is 0. The summed E-state index contributed by atoms with van der Waals surface area (Å²) >= 11 is 0. The Hall–Kier alpha value is -1.99. The molecule has 2 nitrogen and oxygen atoms in total. The molecule has 0 aliphatic rings. The Bertz CT molecular complexity index is 1030. The third kappa shape index (κ3) is 24.8. The normalized spacial score (nSPS) is 12.1. The molecule has 47 heavy (non-hydrogen) atoms. The van der Waals surface area contributed by atoms with E-state index in [-0.39, 0.29) is 16.5 Å². The summed E-state index contributed by atoms with van der Waals surface area (Å²) in [6, 6.07) is 20.8. The van der Waals surface area contributed by atoms with Gasteiger partial charge in [0.2, 0.25) is 0 Å². The van der Waals surface area contributed by atoms with E-state index in [4.69, 9.17) is 9.98 Å². The molecule has 0 aromatic heterocycles. The van der Waals surface area contributed by atoms with Gasteiger partial charge in [0.1, 0.15) is 0 Å². The van der Waals surface area contributed by atoms with E-state index in [1.807, 2.05) is 0 Å². The van der Waals surface area contributed by atoms with Crippen LogP contribution in [0.5, 0.6) is 0 Å². The van der Waals surface area contributed by atoms with Crippen LogP contribution in [0.4, 0.5) is 11.4 Å². The molecule has 266 valence electrons. The van der Waals surface area contributed by atoms with E-state index in [0.717, 1.165) is 42.1 Å². The van der Waals surface area contributed by atoms with Gasteiger partial charge >= 0.3 is 0 Å². The first-order valence-electron chi connectivity index (χ1n) is 19.8. The third-order valence-corrected chi connectivity index (χ3v) is 9.09. The van der Waals surface area contributed by atoms with Gasteiger partial charge < -0.3 is 0 Å². The molecular weight excluding hydrogens is 615 g/mol. The van der Waals surface area contributed by atoms with Crippen LogP contribution in [-0.4, -0.2) is 11.4 Å². The van der Waals surface area contributed by atoms with Crippen molar-refractivity contribution in [1.82, 2.24) is 0 Å². The molecule has 0 spiro atoms. The Morgan fingerprint density at radius 2 is 0.809 bits per heavy atom. The minimum Gasteiger partial charge on any atom is -0.251 e. The molecule has 0 radical (unpaired) electrons. The summed E-state index contributed by atoms with van der Waals surface area (Å²) in [4.78, 5) is 10.2. The van der Waals surface area contributed by atoms with Crippen LogP contribution in [0.3, 0.4) is 0 Å². The van der Waals surface area contributed by atoms with E-state index < -0.39 is 0 Å². The smallest absolute Gasteiger partial charge is 0.0848 e. The van der Waals surface area contributed by atoms with Gasteiger partial charge in [-0.3, -0.25) is 4.99 Å². The number of hydrogen-bond acceptors (Lipinski definition) is 2. The number of nitrogens with zero attached hydrogens (tertiary/aromatic N) is 2. The first kappa shape index (κ1) is 43.0. The van der Waals surface area contributed by atoms with Gasteiger partial charge in [-0.15, -0.1) is 0 Å². The minimum atomic E-state index is 0. The van der Waals surface area contributed by atoms with Gasteiger partial charge in [0.05, 0.1) is 22.8 Å². The fraction of sp³-hybridized carbons (Fsp3) is 0.636. The van der Waals surface area contributed by atoms with E-state index in [9.17, 15) is 0 Å². The van der Waals surface area contributed by atoms with Crippen molar-refractivity contribution in [2.45, 2.75) is 181 Å². The first-order chi connectivity index (χ1) is 22.8. The molecule has 0 aliphatic carbocycles. The molecule has 0 saturated heterocycles. The fourth-order valence-corrected chi connectivity index (χ4v) is 6.17. The molecule has 0 heterocycles. The number of allylic oxidation sites excluding steroid dienone is 2. The molecule has 0 unspecified atom stereocenters. The molecule has 0 fully saturated rings. The number of para-hydroxylation sites is 2. The van der Waals surface area contributed by atoms with E-state index in [1.165, 1.54) is 148 Å². The predicted molar refractivity (Wildman–Crippen MR) is 208 cm³/mol. The zero-order valence-corrected chi connectivity index (χ0v) is 31.5. The number of hydrogen-bond donors (Lipinski definition) is 0. The Morgan fingerprint density at radius 1 is 0.447 bits per heavy atom.